The molecule has 1 rings (SSSR count). The van der Waals surface area contributed by atoms with Crippen LogP contribution in [0.1, 0.15) is 24.9 Å². The zero-order chi connectivity index (χ0) is 13.4. The quantitative estimate of drug-likeness (QED) is 0.752. The topological polar surface area (TPSA) is 47.6 Å². The van der Waals surface area contributed by atoms with Gasteiger partial charge in [-0.15, -0.1) is 0 Å². The number of hydrogen-bond donors (Lipinski definition) is 1. The standard InChI is InChI=1S/C14H21NO3/c1-11(9-14(16)18-3)15-13(10-17-2)12-7-5-4-6-8-12/h4-8,11,13,15H,9-10H2,1-3H3. The first-order valence-corrected chi connectivity index (χ1v) is 6.04. The van der Waals surface area contributed by atoms with Gasteiger partial charge in [-0.25, -0.2) is 0 Å². The smallest absolute Gasteiger partial charge is 0.307 e. The average molecular weight is 251 g/mol. The summed E-state index contributed by atoms with van der Waals surface area (Å²) in [5, 5.41) is 3.37. The van der Waals surface area contributed by atoms with Crippen molar-refractivity contribution in [3.05, 3.63) is 35.9 Å². The molecule has 0 fully saturated rings. The van der Waals surface area contributed by atoms with E-state index in [1.54, 1.807) is 7.11 Å². The van der Waals surface area contributed by atoms with Crippen molar-refractivity contribution >= 4 is 5.97 Å². The number of rotatable bonds is 7. The Hall–Kier alpha value is -1.39. The van der Waals surface area contributed by atoms with Gasteiger partial charge < -0.3 is 14.8 Å². The number of nitrogens with one attached hydrogen (secondary N) is 1. The van der Waals surface area contributed by atoms with Gasteiger partial charge in [0.15, 0.2) is 0 Å². The minimum absolute atomic E-state index is 0.0396. The Kier molecular flexibility index (Phi) is 6.39. The van der Waals surface area contributed by atoms with Crippen molar-refractivity contribution in [3.63, 3.8) is 0 Å². The molecule has 0 aliphatic heterocycles. The summed E-state index contributed by atoms with van der Waals surface area (Å²) in [6.07, 6.45) is 0.351. The Morgan fingerprint density at radius 2 is 1.94 bits per heavy atom. The van der Waals surface area contributed by atoms with E-state index in [2.05, 4.69) is 10.1 Å². The average Bonchev–Trinajstić information content (AvgIpc) is 2.39. The van der Waals surface area contributed by atoms with E-state index in [4.69, 9.17) is 4.74 Å². The highest BCUT2D eigenvalue weighted by atomic mass is 16.5. The lowest BCUT2D eigenvalue weighted by Gasteiger charge is -2.22. The van der Waals surface area contributed by atoms with Crippen LogP contribution in [0.2, 0.25) is 0 Å². The van der Waals surface area contributed by atoms with Gasteiger partial charge in [-0.1, -0.05) is 30.3 Å². The van der Waals surface area contributed by atoms with Gasteiger partial charge in [0.05, 0.1) is 26.2 Å². The number of ether oxygens (including phenoxy) is 2. The van der Waals surface area contributed by atoms with E-state index in [-0.39, 0.29) is 18.1 Å². The van der Waals surface area contributed by atoms with Crippen molar-refractivity contribution in [1.29, 1.82) is 0 Å². The highest BCUT2D eigenvalue weighted by Gasteiger charge is 2.16. The van der Waals surface area contributed by atoms with Crippen molar-refractivity contribution in [2.45, 2.75) is 25.4 Å². The molecule has 2 atom stereocenters. The van der Waals surface area contributed by atoms with E-state index < -0.39 is 0 Å². The molecule has 0 bridgehead atoms. The van der Waals surface area contributed by atoms with Gasteiger partial charge in [-0.2, -0.15) is 0 Å². The van der Waals surface area contributed by atoms with Crippen LogP contribution in [0.3, 0.4) is 0 Å². The molecule has 18 heavy (non-hydrogen) atoms. The maximum absolute atomic E-state index is 11.2. The van der Waals surface area contributed by atoms with Gasteiger partial charge in [-0.05, 0) is 12.5 Å². The normalized spacial score (nSPS) is 13.9. The lowest BCUT2D eigenvalue weighted by atomic mass is 10.1. The van der Waals surface area contributed by atoms with Crippen LogP contribution in [0.4, 0.5) is 0 Å². The van der Waals surface area contributed by atoms with Crippen LogP contribution in [0.5, 0.6) is 0 Å². The van der Waals surface area contributed by atoms with Crippen LogP contribution in [0, 0.1) is 0 Å². The Balaban J connectivity index is 2.60. The highest BCUT2D eigenvalue weighted by Crippen LogP contribution is 2.14. The fraction of sp³-hybridized carbons (Fsp3) is 0.500. The van der Waals surface area contributed by atoms with E-state index in [1.807, 2.05) is 37.3 Å². The fourth-order valence-electron chi connectivity index (χ4n) is 1.83. The van der Waals surface area contributed by atoms with Gasteiger partial charge in [0.25, 0.3) is 0 Å². The number of carbonyl (C=O) groups is 1. The van der Waals surface area contributed by atoms with Gasteiger partial charge >= 0.3 is 5.97 Å². The van der Waals surface area contributed by atoms with Crippen LogP contribution in [-0.4, -0.2) is 32.8 Å². The first kappa shape index (κ1) is 14.7. The largest absolute Gasteiger partial charge is 0.469 e. The fourth-order valence-corrected chi connectivity index (χ4v) is 1.83. The van der Waals surface area contributed by atoms with Gasteiger partial charge in [0.1, 0.15) is 0 Å². The van der Waals surface area contributed by atoms with Crippen LogP contribution in [0.25, 0.3) is 0 Å². The molecule has 4 heteroatoms. The lowest BCUT2D eigenvalue weighted by molar-refractivity contribution is -0.141. The second-order valence-corrected chi connectivity index (χ2v) is 4.27. The predicted octanol–water partition coefficient (Wildman–Crippen LogP) is 1.92. The van der Waals surface area contributed by atoms with E-state index in [9.17, 15) is 4.79 Å². The Morgan fingerprint density at radius 3 is 2.50 bits per heavy atom. The maximum Gasteiger partial charge on any atom is 0.307 e. The van der Waals surface area contributed by atoms with Crippen molar-refractivity contribution in [2.24, 2.45) is 0 Å². The summed E-state index contributed by atoms with van der Waals surface area (Å²) in [6.45, 7) is 2.53. The third kappa shape index (κ3) is 4.85. The van der Waals surface area contributed by atoms with Gasteiger partial charge in [0, 0.05) is 13.2 Å². The maximum atomic E-state index is 11.2. The summed E-state index contributed by atoms with van der Waals surface area (Å²) in [5.74, 6) is -0.209. The van der Waals surface area contributed by atoms with Crippen molar-refractivity contribution in [2.75, 3.05) is 20.8 Å². The first-order chi connectivity index (χ1) is 8.67. The minimum atomic E-state index is -0.209. The number of methoxy groups -OCH3 is 2. The molecular weight excluding hydrogens is 230 g/mol. The first-order valence-electron chi connectivity index (χ1n) is 6.04. The summed E-state index contributed by atoms with van der Waals surface area (Å²) in [6, 6.07) is 10.2. The molecule has 2 unspecified atom stereocenters. The zero-order valence-electron chi connectivity index (χ0n) is 11.2. The minimum Gasteiger partial charge on any atom is -0.469 e. The molecule has 0 radical (unpaired) electrons. The SMILES string of the molecule is COCC(NC(C)CC(=O)OC)c1ccccc1. The third-order valence-electron chi connectivity index (χ3n) is 2.72. The summed E-state index contributed by atoms with van der Waals surface area (Å²) < 4.78 is 9.87. The van der Waals surface area contributed by atoms with Crippen molar-refractivity contribution in [1.82, 2.24) is 5.32 Å². The molecule has 0 saturated carbocycles. The summed E-state index contributed by atoms with van der Waals surface area (Å²) in [7, 11) is 3.07. The molecule has 1 aromatic carbocycles. The monoisotopic (exact) mass is 251 g/mol. The molecule has 1 aromatic rings. The highest BCUT2D eigenvalue weighted by molar-refractivity contribution is 5.69. The Morgan fingerprint density at radius 1 is 1.28 bits per heavy atom. The molecule has 0 aliphatic carbocycles. The number of esters is 1. The molecule has 0 saturated heterocycles. The summed E-state index contributed by atoms with van der Waals surface area (Å²) in [4.78, 5) is 11.2. The van der Waals surface area contributed by atoms with E-state index in [0.29, 0.717) is 13.0 Å². The molecule has 0 aromatic heterocycles. The van der Waals surface area contributed by atoms with E-state index in [1.165, 1.54) is 7.11 Å². The van der Waals surface area contributed by atoms with E-state index in [0.717, 1.165) is 5.56 Å². The van der Waals surface area contributed by atoms with Gasteiger partial charge in [-0.3, -0.25) is 4.79 Å². The van der Waals surface area contributed by atoms with Gasteiger partial charge in [0.2, 0.25) is 0 Å². The van der Waals surface area contributed by atoms with Crippen molar-refractivity contribution < 1.29 is 14.3 Å². The number of carbonyl (C=O) groups excluding carboxylic acids is 1. The van der Waals surface area contributed by atoms with Crippen molar-refractivity contribution in [3.8, 4) is 0 Å². The molecular formula is C14H21NO3. The Bertz CT molecular complexity index is 353. The van der Waals surface area contributed by atoms with E-state index >= 15 is 0 Å². The van der Waals surface area contributed by atoms with Crippen LogP contribution in [-0.2, 0) is 14.3 Å². The van der Waals surface area contributed by atoms with Crippen LogP contribution in [0.15, 0.2) is 30.3 Å². The summed E-state index contributed by atoms with van der Waals surface area (Å²) >= 11 is 0. The molecule has 0 amide bonds. The number of hydrogen-bond acceptors (Lipinski definition) is 4. The molecule has 100 valence electrons. The Labute approximate surface area is 108 Å². The summed E-state index contributed by atoms with van der Waals surface area (Å²) in [5.41, 5.74) is 1.15. The zero-order valence-corrected chi connectivity index (χ0v) is 11.2. The number of benzene rings is 1. The van der Waals surface area contributed by atoms with Crippen LogP contribution < -0.4 is 5.32 Å². The predicted molar refractivity (Wildman–Crippen MR) is 70.3 cm³/mol. The molecule has 4 nitrogen and oxygen atoms in total. The van der Waals surface area contributed by atoms with Crippen LogP contribution >= 0.6 is 0 Å². The molecule has 0 heterocycles. The molecule has 0 spiro atoms. The second kappa shape index (κ2) is 7.84. The third-order valence-corrected chi connectivity index (χ3v) is 2.72. The second-order valence-electron chi connectivity index (χ2n) is 4.27. The molecule has 1 N–H and O–H groups in total. The lowest BCUT2D eigenvalue weighted by Crippen LogP contribution is -2.34. The molecule has 0 aliphatic rings.